The molecular weight excluding hydrogens is 142 g/mol. The van der Waals surface area contributed by atoms with Gasteiger partial charge in [-0.15, -0.1) is 0 Å². The Morgan fingerprint density at radius 3 is 1.38 bits per heavy atom. The Morgan fingerprint density at radius 2 is 1.25 bits per heavy atom. The standard InChI is InChI=1S/C4O2P2/c5-7-1-3(7)4-2-8(4)6. The van der Waals surface area contributed by atoms with Crippen LogP contribution < -0.4 is 9.79 Å². The van der Waals surface area contributed by atoms with E-state index in [1.165, 1.54) is 0 Å². The molecule has 0 N–H and O–H groups in total. The van der Waals surface area contributed by atoms with Gasteiger partial charge in [-0.05, 0) is 0 Å². The summed E-state index contributed by atoms with van der Waals surface area (Å²) in [7, 11) is -2.61. The number of allylic oxidation sites excluding steroid dienone is 2. The highest BCUT2D eigenvalue weighted by atomic mass is 31.1. The fourth-order valence-electron chi connectivity index (χ4n) is 0.441. The molecule has 4 heteroatoms. The number of hydrogen-bond donors (Lipinski definition) is 0. The second kappa shape index (κ2) is 1.21. The molecule has 2 nitrogen and oxygen atoms in total. The van der Waals surface area contributed by atoms with Gasteiger partial charge in [-0.1, -0.05) is 0 Å². The summed E-state index contributed by atoms with van der Waals surface area (Å²) in [6, 6.07) is 0. The van der Waals surface area contributed by atoms with Crippen LogP contribution in [0.4, 0.5) is 0 Å². The average molecular weight is 142 g/mol. The second-order valence-electron chi connectivity index (χ2n) is 1.51. The molecule has 38 valence electrons. The van der Waals surface area contributed by atoms with Gasteiger partial charge in [0.1, 0.15) is 0 Å². The Balaban J connectivity index is 2.10. The molecule has 0 fully saturated rings. The molecule has 0 spiro atoms. The lowest BCUT2D eigenvalue weighted by molar-refractivity contribution is -0.151. The van der Waals surface area contributed by atoms with E-state index in [0.29, 0.717) is 10.6 Å². The summed E-state index contributed by atoms with van der Waals surface area (Å²) < 4.78 is 0. The Kier molecular flexibility index (Phi) is 0.707. The van der Waals surface area contributed by atoms with E-state index in [-0.39, 0.29) is 0 Å². The van der Waals surface area contributed by atoms with Crippen LogP contribution in [-0.2, 0) is 0 Å². The van der Waals surface area contributed by atoms with Crippen molar-refractivity contribution in [3.05, 3.63) is 10.6 Å². The van der Waals surface area contributed by atoms with E-state index >= 15 is 0 Å². The zero-order chi connectivity index (χ0) is 5.72. The summed E-state index contributed by atoms with van der Waals surface area (Å²) in [6.45, 7) is 0. The maximum atomic E-state index is 10.3. The zero-order valence-corrected chi connectivity index (χ0v) is 5.50. The third-order valence-electron chi connectivity index (χ3n) is 0.945. The highest BCUT2D eigenvalue weighted by Crippen LogP contribution is 2.51. The highest BCUT2D eigenvalue weighted by molar-refractivity contribution is 7.71. The summed E-state index contributed by atoms with van der Waals surface area (Å²) >= 11 is 0. The molecule has 0 bridgehead atoms. The quantitative estimate of drug-likeness (QED) is 0.445. The van der Waals surface area contributed by atoms with Gasteiger partial charge in [0.15, 0.2) is 26.4 Å². The first-order valence-corrected chi connectivity index (χ1v) is 4.53. The molecule has 0 saturated heterocycles. The van der Waals surface area contributed by atoms with Gasteiger partial charge in [0, 0.05) is 0 Å². The minimum atomic E-state index is -1.30. The molecule has 2 rings (SSSR count). The maximum absolute atomic E-state index is 10.3. The Labute approximate surface area is 47.7 Å². The van der Waals surface area contributed by atoms with Crippen molar-refractivity contribution in [2.45, 2.75) is 0 Å². The molecule has 0 aromatic rings. The van der Waals surface area contributed by atoms with Gasteiger partial charge in [-0.3, -0.25) is 0 Å². The molecule has 0 aliphatic carbocycles. The van der Waals surface area contributed by atoms with E-state index < -0.39 is 15.5 Å². The molecule has 2 aliphatic rings. The SMILES string of the molecule is [O-][P+]1=C=C1C1=C=[P+]1[O-]. The molecule has 0 saturated carbocycles. The summed E-state index contributed by atoms with van der Waals surface area (Å²) in [6.07, 6.45) is 0. The molecule has 0 aromatic heterocycles. The minimum absolute atomic E-state index is 0.654. The van der Waals surface area contributed by atoms with Crippen LogP contribution in [0.2, 0.25) is 0 Å². The summed E-state index contributed by atoms with van der Waals surface area (Å²) in [5, 5.41) is 1.31. The van der Waals surface area contributed by atoms with Crippen molar-refractivity contribution in [3.63, 3.8) is 0 Å². The van der Waals surface area contributed by atoms with Crippen molar-refractivity contribution in [2.24, 2.45) is 0 Å². The van der Waals surface area contributed by atoms with E-state index in [0.717, 1.165) is 0 Å². The van der Waals surface area contributed by atoms with Gasteiger partial charge in [0.25, 0.3) is 10.6 Å². The normalized spacial score (nSPS) is 29.8. The lowest BCUT2D eigenvalue weighted by Crippen LogP contribution is -1.80. The lowest BCUT2D eigenvalue weighted by atomic mass is 10.6. The second-order valence-corrected chi connectivity index (χ2v) is 4.03. The molecule has 8 heavy (non-hydrogen) atoms. The van der Waals surface area contributed by atoms with E-state index in [2.05, 4.69) is 10.9 Å². The molecule has 2 heterocycles. The molecule has 0 amide bonds. The minimum Gasteiger partial charge on any atom is -0.618 e. The van der Waals surface area contributed by atoms with E-state index in [1.54, 1.807) is 0 Å². The van der Waals surface area contributed by atoms with Gasteiger partial charge in [-0.25, -0.2) is 0 Å². The van der Waals surface area contributed by atoms with E-state index in [1.807, 2.05) is 0 Å². The van der Waals surface area contributed by atoms with Crippen molar-refractivity contribution >= 4 is 26.4 Å². The van der Waals surface area contributed by atoms with Gasteiger partial charge >= 0.3 is 0 Å². The van der Waals surface area contributed by atoms with Crippen LogP contribution in [0, 0.1) is 0 Å². The van der Waals surface area contributed by atoms with Crippen molar-refractivity contribution in [1.82, 2.24) is 0 Å². The maximum Gasteiger partial charge on any atom is 0.300 e. The first-order chi connectivity index (χ1) is 3.79. The van der Waals surface area contributed by atoms with Crippen molar-refractivity contribution in [3.8, 4) is 0 Å². The van der Waals surface area contributed by atoms with Gasteiger partial charge in [0.2, 0.25) is 0 Å². The van der Waals surface area contributed by atoms with E-state index in [9.17, 15) is 9.79 Å². The van der Waals surface area contributed by atoms with Crippen LogP contribution in [-0.4, -0.2) is 10.9 Å². The van der Waals surface area contributed by atoms with Crippen LogP contribution in [0.1, 0.15) is 0 Å². The summed E-state index contributed by atoms with van der Waals surface area (Å²) in [5.41, 5.74) is 5.13. The van der Waals surface area contributed by atoms with Crippen LogP contribution in [0.3, 0.4) is 0 Å². The first-order valence-electron chi connectivity index (χ1n) is 2.01. The number of hydrogen-bond acceptors (Lipinski definition) is 2. The number of rotatable bonds is 1. The molecule has 2 aliphatic heterocycles. The molecule has 2 unspecified atom stereocenters. The zero-order valence-electron chi connectivity index (χ0n) is 3.71. The largest absolute Gasteiger partial charge is 0.618 e. The fourth-order valence-corrected chi connectivity index (χ4v) is 2.41. The van der Waals surface area contributed by atoms with Gasteiger partial charge < -0.3 is 9.79 Å². The average Bonchev–Trinajstić information content (AvgIpc) is 2.47. The van der Waals surface area contributed by atoms with Crippen molar-refractivity contribution in [2.75, 3.05) is 0 Å². The topological polar surface area (TPSA) is 46.1 Å². The van der Waals surface area contributed by atoms with Crippen LogP contribution in [0.25, 0.3) is 0 Å². The van der Waals surface area contributed by atoms with Crippen molar-refractivity contribution < 1.29 is 9.79 Å². The Bertz CT molecular complexity index is 268. The van der Waals surface area contributed by atoms with Gasteiger partial charge in [0.05, 0.1) is 0 Å². The monoisotopic (exact) mass is 142 g/mol. The Morgan fingerprint density at radius 1 is 1.00 bits per heavy atom. The Hall–Kier alpha value is -0.180. The third kappa shape index (κ3) is 0.540. The van der Waals surface area contributed by atoms with E-state index in [4.69, 9.17) is 0 Å². The molecule has 2 atom stereocenters. The third-order valence-corrected chi connectivity index (χ3v) is 3.01. The molecular formula is C4O2P2. The molecule has 0 radical (unpaired) electrons. The lowest BCUT2D eigenvalue weighted by Gasteiger charge is -1.72. The highest BCUT2D eigenvalue weighted by Gasteiger charge is 2.41. The van der Waals surface area contributed by atoms with Crippen molar-refractivity contribution in [1.29, 1.82) is 0 Å². The predicted molar refractivity (Wildman–Crippen MR) is 30.9 cm³/mol. The van der Waals surface area contributed by atoms with Crippen LogP contribution in [0.15, 0.2) is 10.6 Å². The first kappa shape index (κ1) is 4.68. The predicted octanol–water partition coefficient (Wildman–Crippen LogP) is -0.902. The summed E-state index contributed by atoms with van der Waals surface area (Å²) in [5.74, 6) is 0. The summed E-state index contributed by atoms with van der Waals surface area (Å²) in [4.78, 5) is 20.6. The fraction of sp³-hybridized carbons (Fsp3) is 0. The van der Waals surface area contributed by atoms with Crippen LogP contribution in [0.5, 0.6) is 0 Å². The smallest absolute Gasteiger partial charge is 0.300 e. The van der Waals surface area contributed by atoms with Gasteiger partial charge in [-0.2, -0.15) is 0 Å². The van der Waals surface area contributed by atoms with Crippen LogP contribution >= 0.6 is 15.5 Å². The molecule has 0 aromatic carbocycles.